The molecule has 1 aromatic heterocycles. The Balaban J connectivity index is 2.04. The van der Waals surface area contributed by atoms with E-state index in [1.165, 1.54) is 0 Å². The number of aromatic nitrogens is 2. The van der Waals surface area contributed by atoms with E-state index >= 15 is 0 Å². The lowest BCUT2D eigenvalue weighted by Gasteiger charge is -2.22. The zero-order valence-corrected chi connectivity index (χ0v) is 14.1. The molecule has 120 valence electrons. The van der Waals surface area contributed by atoms with Crippen LogP contribution in [0.1, 0.15) is 45.3 Å². The fourth-order valence-electron chi connectivity index (χ4n) is 2.95. The van der Waals surface area contributed by atoms with E-state index in [9.17, 15) is 8.42 Å². The van der Waals surface area contributed by atoms with Crippen LogP contribution in [0.15, 0.2) is 12.3 Å². The highest BCUT2D eigenvalue weighted by Gasteiger charge is 2.33. The van der Waals surface area contributed by atoms with Gasteiger partial charge in [0.1, 0.15) is 0 Å². The Hall–Kier alpha value is -0.880. The first kappa shape index (κ1) is 16.5. The highest BCUT2D eigenvalue weighted by Crippen LogP contribution is 2.24. The summed E-state index contributed by atoms with van der Waals surface area (Å²) < 4.78 is 25.4. The predicted octanol–water partition coefficient (Wildman–Crippen LogP) is 1.81. The number of rotatable bonds is 7. The molecule has 0 amide bonds. The van der Waals surface area contributed by atoms with E-state index in [0.29, 0.717) is 17.5 Å². The molecule has 0 aliphatic carbocycles. The van der Waals surface area contributed by atoms with Gasteiger partial charge in [0, 0.05) is 24.7 Å². The Bertz CT molecular complexity index is 553. The summed E-state index contributed by atoms with van der Waals surface area (Å²) in [5, 5.41) is 8.09. The molecule has 6 heteroatoms. The van der Waals surface area contributed by atoms with Crippen LogP contribution in [-0.4, -0.2) is 42.3 Å². The molecule has 0 aromatic carbocycles. The molecule has 1 saturated heterocycles. The smallest absolute Gasteiger partial charge is 0.150 e. The van der Waals surface area contributed by atoms with Crippen molar-refractivity contribution in [1.82, 2.24) is 15.1 Å². The third-order valence-corrected chi connectivity index (χ3v) is 6.23. The molecule has 0 bridgehead atoms. The topological polar surface area (TPSA) is 64.0 Å². The third-order valence-electron chi connectivity index (χ3n) is 4.44. The quantitative estimate of drug-likeness (QED) is 0.834. The lowest BCUT2D eigenvalue weighted by molar-refractivity contribution is 0.380. The molecule has 1 aliphatic rings. The average Bonchev–Trinajstić information content (AvgIpc) is 3.04. The third kappa shape index (κ3) is 4.30. The molecule has 5 nitrogen and oxygen atoms in total. The Morgan fingerprint density at radius 3 is 2.81 bits per heavy atom. The van der Waals surface area contributed by atoms with Crippen molar-refractivity contribution in [1.29, 1.82) is 0 Å². The molecule has 0 spiro atoms. The summed E-state index contributed by atoms with van der Waals surface area (Å²) in [6, 6.07) is 2.66. The van der Waals surface area contributed by atoms with E-state index < -0.39 is 9.84 Å². The first-order chi connectivity index (χ1) is 9.95. The van der Waals surface area contributed by atoms with Gasteiger partial charge in [-0.2, -0.15) is 5.10 Å². The Morgan fingerprint density at radius 1 is 1.48 bits per heavy atom. The fourth-order valence-corrected chi connectivity index (χ4v) is 4.83. The lowest BCUT2D eigenvalue weighted by atomic mass is 9.95. The Labute approximate surface area is 128 Å². The minimum Gasteiger partial charge on any atom is -0.314 e. The van der Waals surface area contributed by atoms with Crippen LogP contribution in [0.5, 0.6) is 0 Å². The molecule has 2 heterocycles. The van der Waals surface area contributed by atoms with E-state index in [0.717, 1.165) is 31.5 Å². The second kappa shape index (κ2) is 6.92. The fraction of sp³-hybridized carbons (Fsp3) is 0.800. The molecule has 3 atom stereocenters. The van der Waals surface area contributed by atoms with E-state index in [1.807, 2.05) is 10.9 Å². The summed E-state index contributed by atoms with van der Waals surface area (Å²) in [7, 11) is -2.83. The summed E-state index contributed by atoms with van der Waals surface area (Å²) in [5.74, 6) is 0.862. The maximum atomic E-state index is 11.7. The first-order valence-corrected chi connectivity index (χ1v) is 9.75. The van der Waals surface area contributed by atoms with Gasteiger partial charge >= 0.3 is 0 Å². The van der Waals surface area contributed by atoms with Crippen LogP contribution >= 0.6 is 0 Å². The second-order valence-electron chi connectivity index (χ2n) is 6.08. The maximum absolute atomic E-state index is 11.7. The number of likely N-dealkylation sites (N-methyl/N-ethyl adjacent to an activating group) is 1. The Morgan fingerprint density at radius 2 is 2.24 bits per heavy atom. The van der Waals surface area contributed by atoms with Crippen LogP contribution in [0.25, 0.3) is 0 Å². The van der Waals surface area contributed by atoms with Gasteiger partial charge in [-0.05, 0) is 38.3 Å². The van der Waals surface area contributed by atoms with Crippen molar-refractivity contribution in [3.05, 3.63) is 18.0 Å². The Kier molecular flexibility index (Phi) is 5.43. The van der Waals surface area contributed by atoms with Crippen molar-refractivity contribution in [3.63, 3.8) is 0 Å². The molecule has 1 N–H and O–H groups in total. The van der Waals surface area contributed by atoms with E-state index in [1.54, 1.807) is 0 Å². The first-order valence-electron chi connectivity index (χ1n) is 7.93. The van der Waals surface area contributed by atoms with Gasteiger partial charge in [0.15, 0.2) is 9.84 Å². The van der Waals surface area contributed by atoms with Crippen molar-refractivity contribution in [2.24, 2.45) is 5.92 Å². The predicted molar refractivity (Wildman–Crippen MR) is 85.2 cm³/mol. The second-order valence-corrected chi connectivity index (χ2v) is 8.30. The molecular formula is C15H27N3O2S. The summed E-state index contributed by atoms with van der Waals surface area (Å²) >= 11 is 0. The highest BCUT2D eigenvalue weighted by atomic mass is 32.2. The molecule has 1 fully saturated rings. The molecule has 0 radical (unpaired) electrons. The van der Waals surface area contributed by atoms with Gasteiger partial charge in [0.2, 0.25) is 0 Å². The summed E-state index contributed by atoms with van der Waals surface area (Å²) in [5.41, 5.74) is 1.05. The normalized spacial score (nSPS) is 24.0. The molecule has 2 rings (SSSR count). The van der Waals surface area contributed by atoms with E-state index in [4.69, 9.17) is 0 Å². The molecule has 3 unspecified atom stereocenters. The van der Waals surface area contributed by atoms with Crippen LogP contribution < -0.4 is 5.32 Å². The van der Waals surface area contributed by atoms with Gasteiger partial charge < -0.3 is 5.32 Å². The minimum atomic E-state index is -2.83. The molecular weight excluding hydrogens is 286 g/mol. The van der Waals surface area contributed by atoms with Gasteiger partial charge in [0.25, 0.3) is 0 Å². The van der Waals surface area contributed by atoms with Crippen molar-refractivity contribution in [2.75, 3.05) is 18.1 Å². The lowest BCUT2D eigenvalue weighted by Crippen LogP contribution is -2.38. The SMILES string of the molecule is CCNC(Cc1ccn(C(C)CC)n1)C1CCS(=O)(=O)C1. The van der Waals surface area contributed by atoms with Crippen LogP contribution in [0.3, 0.4) is 0 Å². The molecule has 21 heavy (non-hydrogen) atoms. The summed E-state index contributed by atoms with van der Waals surface area (Å²) in [4.78, 5) is 0. The van der Waals surface area contributed by atoms with Gasteiger partial charge in [-0.1, -0.05) is 13.8 Å². The standard InChI is InChI=1S/C15H27N3O2S/c1-4-12(3)18-8-6-14(17-18)10-15(16-5-2)13-7-9-21(19,20)11-13/h6,8,12-13,15-16H,4-5,7,9-11H2,1-3H3. The van der Waals surface area contributed by atoms with Gasteiger partial charge in [-0.15, -0.1) is 0 Å². The van der Waals surface area contributed by atoms with Crippen LogP contribution in [-0.2, 0) is 16.3 Å². The van der Waals surface area contributed by atoms with Gasteiger partial charge in [-0.3, -0.25) is 4.68 Å². The minimum absolute atomic E-state index is 0.201. The van der Waals surface area contributed by atoms with Crippen LogP contribution in [0.2, 0.25) is 0 Å². The molecule has 1 aliphatic heterocycles. The van der Waals surface area contributed by atoms with Crippen molar-refractivity contribution in [2.45, 2.75) is 52.1 Å². The van der Waals surface area contributed by atoms with Crippen LogP contribution in [0, 0.1) is 5.92 Å². The van der Waals surface area contributed by atoms with Gasteiger partial charge in [0.05, 0.1) is 17.2 Å². The number of nitrogens with zero attached hydrogens (tertiary/aromatic N) is 2. The zero-order valence-electron chi connectivity index (χ0n) is 13.2. The zero-order chi connectivity index (χ0) is 15.5. The molecule has 1 aromatic rings. The van der Waals surface area contributed by atoms with Gasteiger partial charge in [-0.25, -0.2) is 8.42 Å². The number of sulfone groups is 1. The van der Waals surface area contributed by atoms with Crippen molar-refractivity contribution >= 4 is 9.84 Å². The maximum Gasteiger partial charge on any atom is 0.150 e. The number of hydrogen-bond acceptors (Lipinski definition) is 4. The van der Waals surface area contributed by atoms with Crippen molar-refractivity contribution in [3.8, 4) is 0 Å². The largest absolute Gasteiger partial charge is 0.314 e. The number of nitrogens with one attached hydrogen (secondary N) is 1. The van der Waals surface area contributed by atoms with Crippen LogP contribution in [0.4, 0.5) is 0 Å². The summed E-state index contributed by atoms with van der Waals surface area (Å²) in [6.45, 7) is 7.22. The monoisotopic (exact) mass is 313 g/mol. The van der Waals surface area contributed by atoms with E-state index in [-0.39, 0.29) is 12.0 Å². The number of hydrogen-bond donors (Lipinski definition) is 1. The van der Waals surface area contributed by atoms with E-state index in [2.05, 4.69) is 37.3 Å². The highest BCUT2D eigenvalue weighted by molar-refractivity contribution is 7.91. The molecule has 0 saturated carbocycles. The van der Waals surface area contributed by atoms with Crippen molar-refractivity contribution < 1.29 is 8.42 Å². The summed E-state index contributed by atoms with van der Waals surface area (Å²) in [6.07, 6.45) is 4.65. The average molecular weight is 313 g/mol.